The molecule has 0 saturated carbocycles. The second-order valence-corrected chi connectivity index (χ2v) is 7.43. The van der Waals surface area contributed by atoms with E-state index < -0.39 is 10.0 Å². The lowest BCUT2D eigenvalue weighted by molar-refractivity contribution is 0.151. The highest BCUT2D eigenvalue weighted by Crippen LogP contribution is 2.28. The van der Waals surface area contributed by atoms with E-state index in [1.54, 1.807) is 13.0 Å². The molecule has 1 aliphatic rings. The predicted octanol–water partition coefficient (Wildman–Crippen LogP) is 0.529. The van der Waals surface area contributed by atoms with Crippen LogP contribution in [-0.2, 0) is 10.0 Å². The van der Waals surface area contributed by atoms with Crippen molar-refractivity contribution in [2.24, 2.45) is 0 Å². The van der Waals surface area contributed by atoms with Crippen molar-refractivity contribution >= 4 is 27.3 Å². The number of aliphatic hydroxyl groups is 1. The van der Waals surface area contributed by atoms with E-state index in [4.69, 9.17) is 22.4 Å². The summed E-state index contributed by atoms with van der Waals surface area (Å²) in [6.45, 7) is 4.43. The van der Waals surface area contributed by atoms with Crippen molar-refractivity contribution in [3.05, 3.63) is 22.7 Å². The van der Waals surface area contributed by atoms with Gasteiger partial charge in [-0.2, -0.15) is 4.31 Å². The van der Waals surface area contributed by atoms with Crippen LogP contribution < -0.4 is 5.73 Å². The molecule has 0 aliphatic carbocycles. The molecule has 1 aliphatic heterocycles. The molecule has 118 valence electrons. The van der Waals surface area contributed by atoms with Gasteiger partial charge in [-0.05, 0) is 24.6 Å². The quantitative estimate of drug-likeness (QED) is 0.785. The third-order valence-electron chi connectivity index (χ3n) is 3.64. The SMILES string of the molecule is Cc1cc(S(=O)(=O)N2CCN(CCO)CC2)cc(N)c1Cl. The predicted molar refractivity (Wildman–Crippen MR) is 82.9 cm³/mol. The van der Waals surface area contributed by atoms with Gasteiger partial charge in [0, 0.05) is 32.7 Å². The minimum atomic E-state index is -3.56. The van der Waals surface area contributed by atoms with E-state index in [0.717, 1.165) is 0 Å². The molecule has 1 saturated heterocycles. The van der Waals surface area contributed by atoms with E-state index in [1.807, 2.05) is 4.90 Å². The Hall–Kier alpha value is -0.860. The molecule has 1 aromatic rings. The smallest absolute Gasteiger partial charge is 0.243 e. The fraction of sp³-hybridized carbons (Fsp3) is 0.538. The van der Waals surface area contributed by atoms with Crippen LogP contribution in [0, 0.1) is 6.92 Å². The van der Waals surface area contributed by atoms with Crippen molar-refractivity contribution in [1.29, 1.82) is 0 Å². The van der Waals surface area contributed by atoms with Crippen molar-refractivity contribution in [2.75, 3.05) is 45.1 Å². The fourth-order valence-corrected chi connectivity index (χ4v) is 4.05. The van der Waals surface area contributed by atoms with Gasteiger partial charge >= 0.3 is 0 Å². The number of nitrogen functional groups attached to an aromatic ring is 1. The maximum atomic E-state index is 12.6. The van der Waals surface area contributed by atoms with Gasteiger partial charge in [0.05, 0.1) is 22.2 Å². The topological polar surface area (TPSA) is 86.9 Å². The van der Waals surface area contributed by atoms with Crippen LogP contribution >= 0.6 is 11.6 Å². The standard InChI is InChI=1S/C13H20ClN3O3S/c1-10-8-11(9-12(15)13(10)14)21(19,20)17-4-2-16(3-5-17)6-7-18/h8-9,18H,2-7,15H2,1H3. The van der Waals surface area contributed by atoms with Gasteiger partial charge in [-0.15, -0.1) is 0 Å². The fourth-order valence-electron chi connectivity index (χ4n) is 2.40. The average molecular weight is 334 g/mol. The number of β-amino-alcohol motifs (C(OH)–C–C–N with tert-alkyl or cyclic N) is 1. The van der Waals surface area contributed by atoms with Crippen molar-refractivity contribution in [3.8, 4) is 0 Å². The van der Waals surface area contributed by atoms with Crippen molar-refractivity contribution in [1.82, 2.24) is 9.21 Å². The van der Waals surface area contributed by atoms with Crippen molar-refractivity contribution in [3.63, 3.8) is 0 Å². The summed E-state index contributed by atoms with van der Waals surface area (Å²) in [6.07, 6.45) is 0. The summed E-state index contributed by atoms with van der Waals surface area (Å²) < 4.78 is 26.7. The highest BCUT2D eigenvalue weighted by Gasteiger charge is 2.29. The Bertz CT molecular complexity index is 590. The largest absolute Gasteiger partial charge is 0.397 e. The van der Waals surface area contributed by atoms with Gasteiger partial charge in [0.25, 0.3) is 0 Å². The van der Waals surface area contributed by atoms with Crippen LogP contribution in [0.4, 0.5) is 5.69 Å². The number of aryl methyl sites for hydroxylation is 1. The summed E-state index contributed by atoms with van der Waals surface area (Å²) in [5.74, 6) is 0. The van der Waals surface area contributed by atoms with E-state index in [9.17, 15) is 8.42 Å². The molecule has 3 N–H and O–H groups in total. The number of hydrogen-bond donors (Lipinski definition) is 2. The molecule has 0 spiro atoms. The number of halogens is 1. The molecule has 0 radical (unpaired) electrons. The Kier molecular flexibility index (Phi) is 5.11. The van der Waals surface area contributed by atoms with Gasteiger partial charge in [-0.3, -0.25) is 4.90 Å². The number of hydrogen-bond acceptors (Lipinski definition) is 5. The van der Waals surface area contributed by atoms with E-state index in [2.05, 4.69) is 0 Å². The molecule has 0 unspecified atom stereocenters. The Labute approximate surface area is 130 Å². The van der Waals surface area contributed by atoms with Crippen LogP contribution in [0.2, 0.25) is 5.02 Å². The molecule has 8 heteroatoms. The van der Waals surface area contributed by atoms with E-state index in [0.29, 0.717) is 43.3 Å². The lowest BCUT2D eigenvalue weighted by Gasteiger charge is -2.33. The molecule has 0 aromatic heterocycles. The van der Waals surface area contributed by atoms with Gasteiger partial charge in [0.15, 0.2) is 0 Å². The monoisotopic (exact) mass is 333 g/mol. The Balaban J connectivity index is 2.20. The second kappa shape index (κ2) is 6.50. The van der Waals surface area contributed by atoms with Crippen LogP contribution in [0.25, 0.3) is 0 Å². The summed E-state index contributed by atoms with van der Waals surface area (Å²) in [4.78, 5) is 2.21. The molecule has 1 heterocycles. The maximum absolute atomic E-state index is 12.6. The molecule has 6 nitrogen and oxygen atoms in total. The molecule has 0 atom stereocenters. The number of nitrogens with two attached hydrogens (primary N) is 1. The number of rotatable bonds is 4. The van der Waals surface area contributed by atoms with Crippen LogP contribution in [0.1, 0.15) is 5.56 Å². The molecule has 2 rings (SSSR count). The summed E-state index contributed by atoms with van der Waals surface area (Å²) in [6, 6.07) is 2.96. The molecular weight excluding hydrogens is 314 g/mol. The molecule has 21 heavy (non-hydrogen) atoms. The minimum absolute atomic E-state index is 0.0830. The first-order valence-electron chi connectivity index (χ1n) is 6.75. The zero-order valence-corrected chi connectivity index (χ0v) is 13.5. The average Bonchev–Trinajstić information content (AvgIpc) is 2.45. The molecule has 1 fully saturated rings. The lowest BCUT2D eigenvalue weighted by atomic mass is 10.2. The zero-order valence-electron chi connectivity index (χ0n) is 11.9. The van der Waals surface area contributed by atoms with Gasteiger partial charge in [0.1, 0.15) is 0 Å². The zero-order chi connectivity index (χ0) is 15.6. The summed E-state index contributed by atoms with van der Waals surface area (Å²) in [5.41, 5.74) is 6.68. The van der Waals surface area contributed by atoms with E-state index in [-0.39, 0.29) is 17.2 Å². The second-order valence-electron chi connectivity index (χ2n) is 5.11. The van der Waals surface area contributed by atoms with Crippen molar-refractivity contribution < 1.29 is 13.5 Å². The summed E-state index contributed by atoms with van der Waals surface area (Å²) in [7, 11) is -3.56. The minimum Gasteiger partial charge on any atom is -0.397 e. The Morgan fingerprint density at radius 2 is 1.90 bits per heavy atom. The third kappa shape index (κ3) is 3.49. The van der Waals surface area contributed by atoms with Gasteiger partial charge in [-0.25, -0.2) is 8.42 Å². The highest BCUT2D eigenvalue weighted by atomic mass is 35.5. The maximum Gasteiger partial charge on any atom is 0.243 e. The van der Waals surface area contributed by atoms with Gasteiger partial charge < -0.3 is 10.8 Å². The number of benzene rings is 1. The number of nitrogens with zero attached hydrogens (tertiary/aromatic N) is 2. The van der Waals surface area contributed by atoms with Crippen molar-refractivity contribution in [2.45, 2.75) is 11.8 Å². The van der Waals surface area contributed by atoms with Crippen LogP contribution in [0.5, 0.6) is 0 Å². The number of piperazine rings is 1. The normalized spacial score (nSPS) is 18.0. The van der Waals surface area contributed by atoms with E-state index >= 15 is 0 Å². The Morgan fingerprint density at radius 1 is 1.29 bits per heavy atom. The number of aliphatic hydroxyl groups excluding tert-OH is 1. The molecule has 0 bridgehead atoms. The first kappa shape index (κ1) is 16.5. The first-order valence-corrected chi connectivity index (χ1v) is 8.57. The Morgan fingerprint density at radius 3 is 2.43 bits per heavy atom. The third-order valence-corrected chi connectivity index (χ3v) is 6.03. The number of sulfonamides is 1. The molecular formula is C13H20ClN3O3S. The highest BCUT2D eigenvalue weighted by molar-refractivity contribution is 7.89. The number of anilines is 1. The van der Waals surface area contributed by atoms with Gasteiger partial charge in [0.2, 0.25) is 10.0 Å². The molecule has 1 aromatic carbocycles. The van der Waals surface area contributed by atoms with Crippen LogP contribution in [-0.4, -0.2) is 62.1 Å². The van der Waals surface area contributed by atoms with Gasteiger partial charge in [-0.1, -0.05) is 11.6 Å². The first-order chi connectivity index (χ1) is 9.86. The molecule has 0 amide bonds. The lowest BCUT2D eigenvalue weighted by Crippen LogP contribution is -2.49. The van der Waals surface area contributed by atoms with Crippen LogP contribution in [0.15, 0.2) is 17.0 Å². The summed E-state index contributed by atoms with van der Waals surface area (Å²) >= 11 is 5.98. The van der Waals surface area contributed by atoms with Crippen LogP contribution in [0.3, 0.4) is 0 Å². The van der Waals surface area contributed by atoms with E-state index in [1.165, 1.54) is 10.4 Å². The summed E-state index contributed by atoms with van der Waals surface area (Å²) in [5, 5.41) is 9.30.